The number of nitroso groups, excluding NO2 is 1. The van der Waals surface area contributed by atoms with Gasteiger partial charge in [0.15, 0.2) is 5.82 Å². The van der Waals surface area contributed by atoms with Gasteiger partial charge in [-0.2, -0.15) is 9.97 Å². The van der Waals surface area contributed by atoms with Gasteiger partial charge in [-0.1, -0.05) is 0 Å². The topological polar surface area (TPSA) is 99.7 Å². The van der Waals surface area contributed by atoms with Gasteiger partial charge < -0.3 is 15.2 Å². The number of hydrogen-bond acceptors (Lipinski definition) is 7. The van der Waals surface area contributed by atoms with Gasteiger partial charge >= 0.3 is 6.01 Å². The SMILES string of the molecule is COc1nc(N)c(N=O)c(OC)n1. The molecule has 1 heterocycles. The number of ether oxygens (including phenoxy) is 2. The van der Waals surface area contributed by atoms with Crippen molar-refractivity contribution in [2.75, 3.05) is 20.0 Å². The van der Waals surface area contributed by atoms with Crippen molar-refractivity contribution in [1.82, 2.24) is 9.97 Å². The summed E-state index contributed by atoms with van der Waals surface area (Å²) in [4.78, 5) is 17.6. The van der Waals surface area contributed by atoms with Gasteiger partial charge in [0.05, 0.1) is 14.2 Å². The van der Waals surface area contributed by atoms with Crippen LogP contribution in [0.25, 0.3) is 0 Å². The van der Waals surface area contributed by atoms with Crippen LogP contribution in [0.15, 0.2) is 5.18 Å². The number of aromatic nitrogens is 2. The van der Waals surface area contributed by atoms with E-state index in [1.807, 2.05) is 0 Å². The molecule has 0 aliphatic rings. The maximum atomic E-state index is 10.3. The van der Waals surface area contributed by atoms with Crippen LogP contribution in [0.2, 0.25) is 0 Å². The van der Waals surface area contributed by atoms with Gasteiger partial charge in [0.25, 0.3) is 5.88 Å². The number of methoxy groups -OCH3 is 2. The van der Waals surface area contributed by atoms with Gasteiger partial charge in [0, 0.05) is 0 Å². The molecular formula is C6H8N4O3. The second kappa shape index (κ2) is 3.65. The first kappa shape index (κ1) is 9.17. The smallest absolute Gasteiger partial charge is 0.321 e. The molecule has 0 aromatic carbocycles. The van der Waals surface area contributed by atoms with E-state index in [0.29, 0.717) is 0 Å². The zero-order valence-electron chi connectivity index (χ0n) is 7.14. The van der Waals surface area contributed by atoms with E-state index >= 15 is 0 Å². The highest BCUT2D eigenvalue weighted by atomic mass is 16.5. The van der Waals surface area contributed by atoms with Crippen molar-refractivity contribution in [1.29, 1.82) is 0 Å². The molecule has 0 unspecified atom stereocenters. The van der Waals surface area contributed by atoms with Crippen LogP contribution < -0.4 is 15.2 Å². The summed E-state index contributed by atoms with van der Waals surface area (Å²) >= 11 is 0. The highest BCUT2D eigenvalue weighted by Crippen LogP contribution is 2.31. The van der Waals surface area contributed by atoms with Crippen molar-refractivity contribution in [3.05, 3.63) is 4.91 Å². The van der Waals surface area contributed by atoms with Gasteiger partial charge in [0.2, 0.25) is 5.69 Å². The molecule has 0 saturated carbocycles. The first-order valence-corrected chi connectivity index (χ1v) is 3.31. The molecule has 1 aromatic heterocycles. The Morgan fingerprint density at radius 3 is 2.46 bits per heavy atom. The second-order valence-electron chi connectivity index (χ2n) is 2.04. The minimum absolute atomic E-state index is 0.000602. The molecule has 7 heteroatoms. The molecule has 2 N–H and O–H groups in total. The van der Waals surface area contributed by atoms with E-state index in [1.165, 1.54) is 14.2 Å². The zero-order chi connectivity index (χ0) is 9.84. The lowest BCUT2D eigenvalue weighted by molar-refractivity contribution is 0.354. The van der Waals surface area contributed by atoms with E-state index in [0.717, 1.165) is 0 Å². The molecule has 1 aromatic rings. The molecule has 0 fully saturated rings. The molecule has 13 heavy (non-hydrogen) atoms. The van der Waals surface area contributed by atoms with E-state index in [1.54, 1.807) is 0 Å². The maximum absolute atomic E-state index is 10.3. The second-order valence-corrected chi connectivity index (χ2v) is 2.04. The molecular weight excluding hydrogens is 176 g/mol. The van der Waals surface area contributed by atoms with Crippen molar-refractivity contribution >= 4 is 11.5 Å². The fourth-order valence-corrected chi connectivity index (χ4v) is 0.750. The molecule has 7 nitrogen and oxygen atoms in total. The Hall–Kier alpha value is -1.92. The largest absolute Gasteiger partial charge is 0.479 e. The summed E-state index contributed by atoms with van der Waals surface area (Å²) in [6.07, 6.45) is 0. The first-order chi connectivity index (χ1) is 6.22. The number of anilines is 1. The Morgan fingerprint density at radius 1 is 1.31 bits per heavy atom. The van der Waals surface area contributed by atoms with Crippen molar-refractivity contribution in [3.63, 3.8) is 0 Å². The fourth-order valence-electron chi connectivity index (χ4n) is 0.750. The van der Waals surface area contributed by atoms with Crippen LogP contribution in [0.5, 0.6) is 11.9 Å². The quantitative estimate of drug-likeness (QED) is 0.685. The predicted molar refractivity (Wildman–Crippen MR) is 45.0 cm³/mol. The zero-order valence-corrected chi connectivity index (χ0v) is 7.14. The summed E-state index contributed by atoms with van der Waals surface area (Å²) in [5, 5.41) is 2.64. The van der Waals surface area contributed by atoms with Crippen LogP contribution in [0.3, 0.4) is 0 Å². The van der Waals surface area contributed by atoms with Crippen LogP contribution in [-0.2, 0) is 0 Å². The van der Waals surface area contributed by atoms with Gasteiger partial charge in [-0.05, 0) is 5.18 Å². The van der Waals surface area contributed by atoms with E-state index in [2.05, 4.69) is 15.1 Å². The van der Waals surface area contributed by atoms with Crippen molar-refractivity contribution in [3.8, 4) is 11.9 Å². The average Bonchev–Trinajstić information content (AvgIpc) is 2.16. The third kappa shape index (κ3) is 1.63. The van der Waals surface area contributed by atoms with Gasteiger partial charge in [-0.3, -0.25) is 0 Å². The molecule has 0 amide bonds. The van der Waals surface area contributed by atoms with Gasteiger partial charge in [-0.25, -0.2) is 0 Å². The van der Waals surface area contributed by atoms with Crippen LogP contribution in [0.1, 0.15) is 0 Å². The normalized spacial score (nSPS) is 9.38. The van der Waals surface area contributed by atoms with Crippen LogP contribution in [0.4, 0.5) is 11.5 Å². The van der Waals surface area contributed by atoms with Crippen molar-refractivity contribution < 1.29 is 9.47 Å². The summed E-state index contributed by atoms with van der Waals surface area (Å²) in [6.45, 7) is 0. The van der Waals surface area contributed by atoms with Gasteiger partial charge in [0.1, 0.15) is 0 Å². The summed E-state index contributed by atoms with van der Waals surface area (Å²) in [7, 11) is 2.72. The summed E-state index contributed by atoms with van der Waals surface area (Å²) in [5.74, 6) is -0.0712. The lowest BCUT2D eigenvalue weighted by Crippen LogP contribution is -2.00. The molecule has 0 aliphatic carbocycles. The van der Waals surface area contributed by atoms with E-state index in [4.69, 9.17) is 15.2 Å². The third-order valence-electron chi connectivity index (χ3n) is 1.33. The van der Waals surface area contributed by atoms with Crippen LogP contribution in [0, 0.1) is 4.91 Å². The summed E-state index contributed by atoms with van der Waals surface area (Å²) < 4.78 is 9.47. The highest BCUT2D eigenvalue weighted by Gasteiger charge is 2.13. The molecule has 0 spiro atoms. The number of nitrogens with zero attached hydrogens (tertiary/aromatic N) is 3. The Bertz CT molecular complexity index is 328. The molecule has 70 valence electrons. The molecule has 1 rings (SSSR count). The first-order valence-electron chi connectivity index (χ1n) is 3.31. The van der Waals surface area contributed by atoms with Crippen molar-refractivity contribution in [2.24, 2.45) is 5.18 Å². The Kier molecular flexibility index (Phi) is 2.58. The lowest BCUT2D eigenvalue weighted by Gasteiger charge is -2.04. The minimum Gasteiger partial charge on any atom is -0.479 e. The number of nitrogen functional groups attached to an aromatic ring is 1. The number of nitrogens with two attached hydrogens (primary N) is 1. The van der Waals surface area contributed by atoms with Gasteiger partial charge in [-0.15, -0.1) is 4.91 Å². The van der Waals surface area contributed by atoms with E-state index in [9.17, 15) is 4.91 Å². The molecule has 0 saturated heterocycles. The fraction of sp³-hybridized carbons (Fsp3) is 0.333. The molecule has 0 aliphatic heterocycles. The Balaban J connectivity index is 3.28. The summed E-state index contributed by atoms with van der Waals surface area (Å²) in [5.41, 5.74) is 5.26. The van der Waals surface area contributed by atoms with E-state index in [-0.39, 0.29) is 23.4 Å². The Labute approximate surface area is 73.9 Å². The molecule has 0 bridgehead atoms. The standard InChI is InChI=1S/C6H8N4O3/c1-12-5-3(10-11)4(7)8-6(9-5)13-2/h1-2H3,(H2,7,8,9). The third-order valence-corrected chi connectivity index (χ3v) is 1.33. The molecule has 0 radical (unpaired) electrons. The number of hydrogen-bond donors (Lipinski definition) is 1. The van der Waals surface area contributed by atoms with Crippen LogP contribution >= 0.6 is 0 Å². The average molecular weight is 184 g/mol. The van der Waals surface area contributed by atoms with Crippen LogP contribution in [-0.4, -0.2) is 24.2 Å². The summed E-state index contributed by atoms with van der Waals surface area (Å²) in [6, 6.07) is 0.0294. The monoisotopic (exact) mass is 184 g/mol. The highest BCUT2D eigenvalue weighted by molar-refractivity contribution is 5.63. The lowest BCUT2D eigenvalue weighted by atomic mass is 10.5. The van der Waals surface area contributed by atoms with Crippen molar-refractivity contribution in [2.45, 2.75) is 0 Å². The number of rotatable bonds is 3. The Morgan fingerprint density at radius 2 is 2.00 bits per heavy atom. The molecule has 0 atom stereocenters. The van der Waals surface area contributed by atoms with E-state index < -0.39 is 0 Å². The predicted octanol–water partition coefficient (Wildman–Crippen LogP) is 0.474. The maximum Gasteiger partial charge on any atom is 0.321 e. The minimum atomic E-state index is -0.122.